The predicted molar refractivity (Wildman–Crippen MR) is 63.6 cm³/mol. The third-order valence-corrected chi connectivity index (χ3v) is 3.61. The summed E-state index contributed by atoms with van der Waals surface area (Å²) in [6.07, 6.45) is 3.82. The van der Waals surface area contributed by atoms with Crippen molar-refractivity contribution < 1.29 is 14.3 Å². The Balaban J connectivity index is 2.36. The van der Waals surface area contributed by atoms with Gasteiger partial charge in [0.1, 0.15) is 0 Å². The average molecular weight is 237 g/mol. The fourth-order valence-corrected chi connectivity index (χ4v) is 2.74. The van der Waals surface area contributed by atoms with Crippen LogP contribution in [0.4, 0.5) is 0 Å². The van der Waals surface area contributed by atoms with Gasteiger partial charge in [-0.15, -0.1) is 0 Å². The monoisotopic (exact) mass is 237 g/mol. The number of aromatic nitrogens is 1. The molecule has 0 spiro atoms. The van der Waals surface area contributed by atoms with Gasteiger partial charge >= 0.3 is 5.97 Å². The number of methoxy groups -OCH3 is 1. The van der Waals surface area contributed by atoms with Crippen molar-refractivity contribution in [2.24, 2.45) is 11.8 Å². The van der Waals surface area contributed by atoms with Gasteiger partial charge in [-0.05, 0) is 17.5 Å². The van der Waals surface area contributed by atoms with Crippen LogP contribution in [0.2, 0.25) is 0 Å². The Bertz CT molecular complexity index is 379. The van der Waals surface area contributed by atoms with Crippen molar-refractivity contribution in [1.29, 1.82) is 0 Å². The Morgan fingerprint density at radius 1 is 1.53 bits per heavy atom. The van der Waals surface area contributed by atoms with Gasteiger partial charge in [-0.2, -0.15) is 0 Å². The summed E-state index contributed by atoms with van der Waals surface area (Å²) in [6.45, 7) is 5.27. The average Bonchev–Trinajstić information content (AvgIpc) is 2.75. The molecule has 17 heavy (non-hydrogen) atoms. The summed E-state index contributed by atoms with van der Waals surface area (Å²) in [6, 6.07) is 2.01. The molecule has 2 heterocycles. The number of rotatable bonds is 4. The molecule has 1 N–H and O–H groups in total. The van der Waals surface area contributed by atoms with Gasteiger partial charge in [0.2, 0.25) is 0 Å². The van der Waals surface area contributed by atoms with Gasteiger partial charge in [-0.3, -0.25) is 4.79 Å². The number of carbonyl (C=O) groups is 1. The number of nitrogens with one attached hydrogen (secondary N) is 1. The van der Waals surface area contributed by atoms with Crippen LogP contribution in [0.5, 0.6) is 0 Å². The highest BCUT2D eigenvalue weighted by Crippen LogP contribution is 2.43. The van der Waals surface area contributed by atoms with E-state index in [4.69, 9.17) is 9.47 Å². The number of aromatic amines is 1. The molecule has 1 unspecified atom stereocenters. The molecule has 0 bridgehead atoms. The van der Waals surface area contributed by atoms with Crippen LogP contribution in [-0.4, -0.2) is 31.3 Å². The zero-order valence-corrected chi connectivity index (χ0v) is 10.5. The van der Waals surface area contributed by atoms with E-state index in [1.165, 1.54) is 7.11 Å². The van der Waals surface area contributed by atoms with E-state index in [0.717, 1.165) is 5.56 Å². The molecule has 1 saturated heterocycles. The molecule has 1 fully saturated rings. The Morgan fingerprint density at radius 3 is 2.59 bits per heavy atom. The van der Waals surface area contributed by atoms with Gasteiger partial charge in [0.25, 0.3) is 0 Å². The fraction of sp³-hybridized carbons (Fsp3) is 0.615. The van der Waals surface area contributed by atoms with E-state index < -0.39 is 0 Å². The first-order valence-corrected chi connectivity index (χ1v) is 5.90. The maximum absolute atomic E-state index is 12.0. The first kappa shape index (κ1) is 12.2. The SMILES string of the molecule is COC(=O)C(C(C)C)C1(c2cc[nH]c2)COC1. The minimum atomic E-state index is -0.221. The van der Waals surface area contributed by atoms with E-state index >= 15 is 0 Å². The van der Waals surface area contributed by atoms with Crippen molar-refractivity contribution in [3.05, 3.63) is 24.0 Å². The third kappa shape index (κ3) is 1.86. The molecule has 0 saturated carbocycles. The van der Waals surface area contributed by atoms with Gasteiger partial charge in [0.15, 0.2) is 0 Å². The molecule has 0 aromatic carbocycles. The van der Waals surface area contributed by atoms with Crippen LogP contribution < -0.4 is 0 Å². The van der Waals surface area contributed by atoms with Crippen LogP contribution in [0.1, 0.15) is 19.4 Å². The van der Waals surface area contributed by atoms with E-state index in [1.54, 1.807) is 0 Å². The molecule has 1 aromatic heterocycles. The summed E-state index contributed by atoms with van der Waals surface area (Å²) in [4.78, 5) is 15.0. The first-order valence-electron chi connectivity index (χ1n) is 5.90. The summed E-state index contributed by atoms with van der Waals surface area (Å²) in [7, 11) is 1.45. The van der Waals surface area contributed by atoms with Crippen LogP contribution in [0, 0.1) is 11.8 Å². The zero-order chi connectivity index (χ0) is 12.5. The van der Waals surface area contributed by atoms with Crippen molar-refractivity contribution in [2.45, 2.75) is 19.3 Å². The lowest BCUT2D eigenvalue weighted by atomic mass is 9.65. The summed E-state index contributed by atoms with van der Waals surface area (Å²) in [5, 5.41) is 0. The van der Waals surface area contributed by atoms with Crippen molar-refractivity contribution in [3.63, 3.8) is 0 Å². The summed E-state index contributed by atoms with van der Waals surface area (Å²) < 4.78 is 10.3. The molecular weight excluding hydrogens is 218 g/mol. The van der Waals surface area contributed by atoms with Gasteiger partial charge in [0, 0.05) is 12.4 Å². The number of esters is 1. The molecule has 0 aliphatic carbocycles. The molecule has 4 nitrogen and oxygen atoms in total. The zero-order valence-electron chi connectivity index (χ0n) is 10.5. The van der Waals surface area contributed by atoms with Crippen molar-refractivity contribution in [3.8, 4) is 0 Å². The topological polar surface area (TPSA) is 51.3 Å². The fourth-order valence-electron chi connectivity index (χ4n) is 2.74. The molecule has 94 valence electrons. The Hall–Kier alpha value is -1.29. The number of hydrogen-bond donors (Lipinski definition) is 1. The first-order chi connectivity index (χ1) is 8.12. The van der Waals surface area contributed by atoms with Gasteiger partial charge in [0.05, 0.1) is 31.7 Å². The Morgan fingerprint density at radius 2 is 2.24 bits per heavy atom. The van der Waals surface area contributed by atoms with Crippen LogP contribution >= 0.6 is 0 Å². The van der Waals surface area contributed by atoms with Crippen molar-refractivity contribution in [1.82, 2.24) is 4.98 Å². The third-order valence-electron chi connectivity index (χ3n) is 3.61. The lowest BCUT2D eigenvalue weighted by Crippen LogP contribution is -2.56. The highest BCUT2D eigenvalue weighted by Gasteiger charge is 2.52. The van der Waals surface area contributed by atoms with Gasteiger partial charge < -0.3 is 14.5 Å². The second-order valence-corrected chi connectivity index (χ2v) is 4.99. The van der Waals surface area contributed by atoms with E-state index in [0.29, 0.717) is 13.2 Å². The van der Waals surface area contributed by atoms with Gasteiger partial charge in [-0.25, -0.2) is 0 Å². The largest absolute Gasteiger partial charge is 0.469 e. The maximum Gasteiger partial charge on any atom is 0.310 e. The van der Waals surface area contributed by atoms with E-state index in [-0.39, 0.29) is 23.2 Å². The predicted octanol–water partition coefficient (Wildman–Crippen LogP) is 1.73. The van der Waals surface area contributed by atoms with E-state index in [9.17, 15) is 4.79 Å². The number of ether oxygens (including phenoxy) is 2. The van der Waals surface area contributed by atoms with Gasteiger partial charge in [-0.1, -0.05) is 13.8 Å². The Labute approximate surface area is 101 Å². The second kappa shape index (κ2) is 4.53. The molecule has 1 atom stereocenters. The number of carbonyl (C=O) groups excluding carboxylic acids is 1. The summed E-state index contributed by atoms with van der Waals surface area (Å²) >= 11 is 0. The highest BCUT2D eigenvalue weighted by atomic mass is 16.5. The standard InChI is InChI=1S/C13H19NO3/c1-9(2)11(12(15)16-3)13(7-17-8-13)10-4-5-14-6-10/h4-6,9,11,14H,7-8H2,1-3H3. The molecule has 0 amide bonds. The Kier molecular flexibility index (Phi) is 3.24. The summed E-state index contributed by atoms with van der Waals surface area (Å²) in [5.41, 5.74) is 0.911. The molecular formula is C13H19NO3. The lowest BCUT2D eigenvalue weighted by molar-refractivity contribution is -0.164. The second-order valence-electron chi connectivity index (χ2n) is 4.99. The molecule has 1 aliphatic heterocycles. The van der Waals surface area contributed by atoms with Crippen molar-refractivity contribution >= 4 is 5.97 Å². The smallest absolute Gasteiger partial charge is 0.310 e. The molecule has 2 rings (SSSR count). The van der Waals surface area contributed by atoms with Crippen LogP contribution in [0.15, 0.2) is 18.5 Å². The van der Waals surface area contributed by atoms with E-state index in [2.05, 4.69) is 4.98 Å². The van der Waals surface area contributed by atoms with Crippen molar-refractivity contribution in [2.75, 3.05) is 20.3 Å². The molecule has 4 heteroatoms. The van der Waals surface area contributed by atoms with Crippen LogP contribution in [0.25, 0.3) is 0 Å². The van der Waals surface area contributed by atoms with Crippen LogP contribution in [0.3, 0.4) is 0 Å². The quantitative estimate of drug-likeness (QED) is 0.811. The number of hydrogen-bond acceptors (Lipinski definition) is 3. The minimum absolute atomic E-state index is 0.149. The van der Waals surface area contributed by atoms with E-state index in [1.807, 2.05) is 32.3 Å². The minimum Gasteiger partial charge on any atom is -0.469 e. The molecule has 1 aliphatic rings. The number of H-pyrrole nitrogens is 1. The summed E-state index contributed by atoms with van der Waals surface area (Å²) in [5.74, 6) is -0.0807. The normalized spacial score (nSPS) is 19.8. The molecule has 1 aromatic rings. The lowest BCUT2D eigenvalue weighted by Gasteiger charge is -2.47. The molecule has 0 radical (unpaired) electrons. The maximum atomic E-state index is 12.0. The highest BCUT2D eigenvalue weighted by molar-refractivity contribution is 5.75. The van der Waals surface area contributed by atoms with Crippen LogP contribution in [-0.2, 0) is 19.7 Å².